The van der Waals surface area contributed by atoms with Gasteiger partial charge in [-0.3, -0.25) is 9.78 Å². The van der Waals surface area contributed by atoms with Gasteiger partial charge in [0.2, 0.25) is 5.91 Å². The average molecular weight is 412 g/mol. The van der Waals surface area contributed by atoms with Gasteiger partial charge in [0.15, 0.2) is 0 Å². The molecular weight excluding hydrogens is 382 g/mol. The maximum Gasteiger partial charge on any atom is 0.407 e. The maximum atomic E-state index is 12.0. The third kappa shape index (κ3) is 9.73. The van der Waals surface area contributed by atoms with Crippen molar-refractivity contribution < 1.29 is 19.1 Å². The molecule has 0 fully saturated rings. The maximum absolute atomic E-state index is 12.0. The zero-order valence-electron chi connectivity index (χ0n) is 17.7. The quantitative estimate of drug-likeness (QED) is 0.444. The number of amides is 2. The molecule has 2 aromatic rings. The van der Waals surface area contributed by atoms with Crippen LogP contribution >= 0.6 is 0 Å². The Bertz CT molecular complexity index is 828. The molecule has 7 nitrogen and oxygen atoms in total. The molecule has 0 saturated heterocycles. The van der Waals surface area contributed by atoms with E-state index in [-0.39, 0.29) is 5.91 Å². The van der Waals surface area contributed by atoms with Crippen LogP contribution in [-0.4, -0.2) is 29.1 Å². The zero-order chi connectivity index (χ0) is 21.8. The number of anilines is 1. The van der Waals surface area contributed by atoms with Gasteiger partial charge in [-0.25, -0.2) is 4.79 Å². The van der Waals surface area contributed by atoms with Gasteiger partial charge in [0, 0.05) is 18.4 Å². The third-order valence-electron chi connectivity index (χ3n) is 3.73. The van der Waals surface area contributed by atoms with Crippen molar-refractivity contribution in [2.75, 3.05) is 11.9 Å². The van der Waals surface area contributed by atoms with Crippen molar-refractivity contribution in [2.24, 2.45) is 0 Å². The number of nitrogens with zero attached hydrogens (tertiary/aromatic N) is 1. The lowest BCUT2D eigenvalue weighted by Gasteiger charge is -2.19. The summed E-state index contributed by atoms with van der Waals surface area (Å²) in [4.78, 5) is 27.5. The predicted molar refractivity (Wildman–Crippen MR) is 117 cm³/mol. The molecule has 0 spiro atoms. The number of allylic oxidation sites excluding steroid dienone is 1. The molecule has 30 heavy (non-hydrogen) atoms. The number of pyridine rings is 1. The first kappa shape index (κ1) is 22.9. The van der Waals surface area contributed by atoms with E-state index >= 15 is 0 Å². The van der Waals surface area contributed by atoms with Gasteiger partial charge in [-0.2, -0.15) is 0 Å². The largest absolute Gasteiger partial charge is 0.456 e. The van der Waals surface area contributed by atoms with E-state index in [4.69, 9.17) is 9.47 Å². The molecule has 0 aliphatic heterocycles. The predicted octanol–water partition coefficient (Wildman–Crippen LogP) is 5.06. The average Bonchev–Trinajstić information content (AvgIpc) is 2.68. The number of unbranched alkanes of at least 4 members (excludes halogenated alkanes) is 2. The fourth-order valence-corrected chi connectivity index (χ4v) is 2.42. The van der Waals surface area contributed by atoms with Crippen LogP contribution in [0.25, 0.3) is 0 Å². The fraction of sp³-hybridized carbons (Fsp3) is 0.348. The molecule has 0 aliphatic carbocycles. The number of rotatable bonds is 9. The molecule has 2 rings (SSSR count). The number of carbonyl (C=O) groups is 2. The third-order valence-corrected chi connectivity index (χ3v) is 3.73. The Morgan fingerprint density at radius 3 is 2.50 bits per heavy atom. The molecule has 1 aromatic heterocycles. The summed E-state index contributed by atoms with van der Waals surface area (Å²) in [6, 6.07) is 10.7. The van der Waals surface area contributed by atoms with E-state index in [2.05, 4.69) is 15.6 Å². The van der Waals surface area contributed by atoms with Crippen molar-refractivity contribution in [1.82, 2.24) is 10.3 Å². The van der Waals surface area contributed by atoms with Crippen LogP contribution in [0.3, 0.4) is 0 Å². The Kier molecular flexibility index (Phi) is 8.87. The first-order valence-corrected chi connectivity index (χ1v) is 9.94. The lowest BCUT2D eigenvalue weighted by Crippen LogP contribution is -2.32. The lowest BCUT2D eigenvalue weighted by molar-refractivity contribution is -0.111. The van der Waals surface area contributed by atoms with E-state index in [0.29, 0.717) is 23.7 Å². The molecule has 2 amide bonds. The molecule has 160 valence electrons. The SMILES string of the molecule is CC(C)(C)OC(=O)NCCCC/C=C/C(=O)Nc1ccc(Oc2cccnc2)cc1. The van der Waals surface area contributed by atoms with E-state index in [0.717, 1.165) is 19.3 Å². The van der Waals surface area contributed by atoms with Crippen molar-refractivity contribution in [3.05, 3.63) is 60.9 Å². The molecule has 7 heteroatoms. The molecule has 1 aromatic carbocycles. The second kappa shape index (κ2) is 11.6. The summed E-state index contributed by atoms with van der Waals surface area (Å²) in [5.74, 6) is 1.12. The first-order valence-electron chi connectivity index (χ1n) is 9.94. The topological polar surface area (TPSA) is 89.5 Å². The van der Waals surface area contributed by atoms with E-state index in [1.54, 1.807) is 42.7 Å². The van der Waals surface area contributed by atoms with Crippen LogP contribution in [0.1, 0.15) is 40.0 Å². The van der Waals surface area contributed by atoms with Gasteiger partial charge < -0.3 is 20.1 Å². The molecule has 0 radical (unpaired) electrons. The summed E-state index contributed by atoms with van der Waals surface area (Å²) in [5, 5.41) is 5.52. The van der Waals surface area contributed by atoms with Gasteiger partial charge in [-0.15, -0.1) is 0 Å². The molecule has 2 N–H and O–H groups in total. The Morgan fingerprint density at radius 2 is 1.83 bits per heavy atom. The van der Waals surface area contributed by atoms with Crippen molar-refractivity contribution in [3.8, 4) is 11.5 Å². The second-order valence-electron chi connectivity index (χ2n) is 7.63. The number of alkyl carbamates (subject to hydrolysis) is 1. The van der Waals surface area contributed by atoms with E-state index in [9.17, 15) is 9.59 Å². The summed E-state index contributed by atoms with van der Waals surface area (Å²) in [6.45, 7) is 6.02. The number of hydrogen-bond acceptors (Lipinski definition) is 5. The number of benzene rings is 1. The molecule has 0 unspecified atom stereocenters. The summed E-state index contributed by atoms with van der Waals surface area (Å²) in [5.41, 5.74) is 0.192. The van der Waals surface area contributed by atoms with Crippen LogP contribution in [0.2, 0.25) is 0 Å². The van der Waals surface area contributed by atoms with E-state index < -0.39 is 11.7 Å². The number of aromatic nitrogens is 1. The van der Waals surface area contributed by atoms with Crippen molar-refractivity contribution >= 4 is 17.7 Å². The number of nitrogens with one attached hydrogen (secondary N) is 2. The van der Waals surface area contributed by atoms with Crippen LogP contribution in [0, 0.1) is 0 Å². The van der Waals surface area contributed by atoms with Gasteiger partial charge in [0.05, 0.1) is 6.20 Å². The summed E-state index contributed by atoms with van der Waals surface area (Å²) < 4.78 is 10.8. The lowest BCUT2D eigenvalue weighted by atomic mass is 10.2. The van der Waals surface area contributed by atoms with E-state index in [1.165, 1.54) is 6.08 Å². The highest BCUT2D eigenvalue weighted by atomic mass is 16.6. The minimum Gasteiger partial charge on any atom is -0.456 e. The highest BCUT2D eigenvalue weighted by molar-refractivity contribution is 5.99. The smallest absolute Gasteiger partial charge is 0.407 e. The molecular formula is C23H29N3O4. The monoisotopic (exact) mass is 411 g/mol. The van der Waals surface area contributed by atoms with E-state index in [1.807, 2.05) is 32.9 Å². The van der Waals surface area contributed by atoms with Gasteiger partial charge >= 0.3 is 6.09 Å². The summed E-state index contributed by atoms with van der Waals surface area (Å²) in [6.07, 6.45) is 8.66. The van der Waals surface area contributed by atoms with Gasteiger partial charge in [0.1, 0.15) is 17.1 Å². The zero-order valence-corrected chi connectivity index (χ0v) is 17.7. The Balaban J connectivity index is 1.62. The minimum atomic E-state index is -0.493. The van der Waals surface area contributed by atoms with Crippen LogP contribution in [0.4, 0.5) is 10.5 Å². The van der Waals surface area contributed by atoms with Crippen LogP contribution in [-0.2, 0) is 9.53 Å². The Morgan fingerprint density at radius 1 is 1.07 bits per heavy atom. The fourth-order valence-electron chi connectivity index (χ4n) is 2.42. The van der Waals surface area contributed by atoms with Crippen molar-refractivity contribution in [3.63, 3.8) is 0 Å². The molecule has 0 saturated carbocycles. The normalized spacial score (nSPS) is 11.2. The molecule has 1 heterocycles. The summed E-state index contributed by atoms with van der Waals surface area (Å²) >= 11 is 0. The van der Waals surface area contributed by atoms with Crippen LogP contribution in [0.15, 0.2) is 60.9 Å². The van der Waals surface area contributed by atoms with Crippen LogP contribution in [0.5, 0.6) is 11.5 Å². The minimum absolute atomic E-state index is 0.192. The number of ether oxygens (including phenoxy) is 2. The Labute approximate surface area is 177 Å². The van der Waals surface area contributed by atoms with Gasteiger partial charge in [-0.05, 0) is 82.5 Å². The van der Waals surface area contributed by atoms with Crippen molar-refractivity contribution in [1.29, 1.82) is 0 Å². The van der Waals surface area contributed by atoms with Crippen LogP contribution < -0.4 is 15.4 Å². The highest BCUT2D eigenvalue weighted by Crippen LogP contribution is 2.22. The standard InChI is InChI=1S/C23H29N3O4/c1-23(2,3)30-22(28)25-16-7-5-4-6-10-21(27)26-18-11-13-19(14-12-18)29-20-9-8-15-24-17-20/h6,8-15,17H,4-5,7,16H2,1-3H3,(H,25,28)(H,26,27)/b10-6+. The Hall–Kier alpha value is -3.35. The second-order valence-corrected chi connectivity index (χ2v) is 7.63. The van der Waals surface area contributed by atoms with Crippen molar-refractivity contribution in [2.45, 2.75) is 45.6 Å². The molecule has 0 bridgehead atoms. The van der Waals surface area contributed by atoms with Gasteiger partial charge in [0.25, 0.3) is 0 Å². The molecule has 0 atom stereocenters. The highest BCUT2D eigenvalue weighted by Gasteiger charge is 2.15. The number of hydrogen-bond donors (Lipinski definition) is 2. The summed E-state index contributed by atoms with van der Waals surface area (Å²) in [7, 11) is 0. The first-order chi connectivity index (χ1) is 14.3. The van der Waals surface area contributed by atoms with Gasteiger partial charge in [-0.1, -0.05) is 6.08 Å². The molecule has 0 aliphatic rings. The number of carbonyl (C=O) groups excluding carboxylic acids is 2.